The lowest BCUT2D eigenvalue weighted by Crippen LogP contribution is -2.25. The highest BCUT2D eigenvalue weighted by Gasteiger charge is 2.21. The molecule has 1 heterocycles. The summed E-state index contributed by atoms with van der Waals surface area (Å²) in [7, 11) is 0. The fourth-order valence-electron chi connectivity index (χ4n) is 2.86. The van der Waals surface area contributed by atoms with Crippen molar-refractivity contribution in [2.45, 2.75) is 25.8 Å². The van der Waals surface area contributed by atoms with Crippen LogP contribution in [0.15, 0.2) is 60.9 Å². The van der Waals surface area contributed by atoms with Crippen LogP contribution in [0, 0.1) is 6.92 Å². The Labute approximate surface area is 163 Å². The molecule has 0 saturated carbocycles. The third-order valence-corrected chi connectivity index (χ3v) is 4.59. The monoisotopic (exact) mass is 381 g/mol. The molecular formula is C21H20ClN3O2. The first kappa shape index (κ1) is 18.9. The van der Waals surface area contributed by atoms with E-state index in [1.165, 1.54) is 0 Å². The number of carbonyl (C=O) groups excluding carboxylic acids is 1. The maximum absolute atomic E-state index is 12.6. The van der Waals surface area contributed by atoms with Gasteiger partial charge >= 0.3 is 0 Å². The second-order valence-corrected chi connectivity index (χ2v) is 6.71. The minimum Gasteiger partial charge on any atom is -0.508 e. The maximum atomic E-state index is 12.6. The van der Waals surface area contributed by atoms with Crippen LogP contribution in [0.25, 0.3) is 0 Å². The summed E-state index contributed by atoms with van der Waals surface area (Å²) in [6, 6.07) is 14.3. The minimum atomic E-state index is -0.269. The van der Waals surface area contributed by atoms with Crippen molar-refractivity contribution in [2.24, 2.45) is 0 Å². The van der Waals surface area contributed by atoms with Crippen molar-refractivity contribution in [1.82, 2.24) is 15.3 Å². The summed E-state index contributed by atoms with van der Waals surface area (Å²) in [5.41, 5.74) is 3.19. The Balaban J connectivity index is 1.78. The Kier molecular flexibility index (Phi) is 6.04. The van der Waals surface area contributed by atoms with Crippen LogP contribution in [0.2, 0.25) is 5.02 Å². The SMILES string of the molecule is Cc1cnc(CNC(=O)CC(c2cccc(O)c2)c2ccccc2Cl)cn1. The molecule has 5 nitrogen and oxygen atoms in total. The second-order valence-electron chi connectivity index (χ2n) is 6.30. The molecule has 0 saturated heterocycles. The number of aryl methyl sites for hydroxylation is 1. The Morgan fingerprint density at radius 3 is 2.67 bits per heavy atom. The number of phenols is 1. The van der Waals surface area contributed by atoms with Crippen LogP contribution in [0.5, 0.6) is 5.75 Å². The topological polar surface area (TPSA) is 75.1 Å². The molecule has 138 valence electrons. The molecule has 0 spiro atoms. The lowest BCUT2D eigenvalue weighted by atomic mass is 9.88. The molecule has 2 N–H and O–H groups in total. The van der Waals surface area contributed by atoms with E-state index in [1.807, 2.05) is 31.2 Å². The van der Waals surface area contributed by atoms with Gasteiger partial charge in [-0.2, -0.15) is 0 Å². The van der Waals surface area contributed by atoms with E-state index in [4.69, 9.17) is 11.6 Å². The van der Waals surface area contributed by atoms with Crippen LogP contribution in [0.3, 0.4) is 0 Å². The van der Waals surface area contributed by atoms with Crippen molar-refractivity contribution in [3.8, 4) is 5.75 Å². The molecular weight excluding hydrogens is 362 g/mol. The molecule has 0 bridgehead atoms. The number of nitrogens with zero attached hydrogens (tertiary/aromatic N) is 2. The van der Waals surface area contributed by atoms with Crippen molar-refractivity contribution in [2.75, 3.05) is 0 Å². The van der Waals surface area contributed by atoms with Gasteiger partial charge in [0.1, 0.15) is 5.75 Å². The summed E-state index contributed by atoms with van der Waals surface area (Å²) in [5.74, 6) is -0.250. The van der Waals surface area contributed by atoms with E-state index in [0.717, 1.165) is 16.8 Å². The minimum absolute atomic E-state index is 0.134. The smallest absolute Gasteiger partial charge is 0.221 e. The third-order valence-electron chi connectivity index (χ3n) is 4.24. The molecule has 0 fully saturated rings. The molecule has 0 aliphatic heterocycles. The standard InChI is InChI=1S/C21H20ClN3O2/c1-14-11-24-16(12-23-14)13-25-21(27)10-19(15-5-4-6-17(26)9-15)18-7-2-3-8-20(18)22/h2-9,11-12,19,26H,10,13H2,1H3,(H,25,27). The zero-order chi connectivity index (χ0) is 19.2. The van der Waals surface area contributed by atoms with Crippen molar-refractivity contribution in [3.05, 3.63) is 88.5 Å². The van der Waals surface area contributed by atoms with Gasteiger partial charge in [0.2, 0.25) is 5.91 Å². The van der Waals surface area contributed by atoms with E-state index < -0.39 is 0 Å². The number of carbonyl (C=O) groups is 1. The Morgan fingerprint density at radius 1 is 1.15 bits per heavy atom. The summed E-state index contributed by atoms with van der Waals surface area (Å²) in [5, 5.41) is 13.3. The molecule has 3 aromatic rings. The van der Waals surface area contributed by atoms with Gasteiger partial charge < -0.3 is 10.4 Å². The number of aromatic nitrogens is 2. The summed E-state index contributed by atoms with van der Waals surface area (Å²) >= 11 is 6.37. The number of amides is 1. The van der Waals surface area contributed by atoms with Gasteiger partial charge in [-0.3, -0.25) is 14.8 Å². The van der Waals surface area contributed by atoms with Crippen LogP contribution in [-0.4, -0.2) is 21.0 Å². The van der Waals surface area contributed by atoms with Gasteiger partial charge in [0, 0.05) is 23.6 Å². The van der Waals surface area contributed by atoms with Crippen molar-refractivity contribution < 1.29 is 9.90 Å². The maximum Gasteiger partial charge on any atom is 0.221 e. The molecule has 1 atom stereocenters. The number of hydrogen-bond acceptors (Lipinski definition) is 4. The van der Waals surface area contributed by atoms with Crippen LogP contribution < -0.4 is 5.32 Å². The average molecular weight is 382 g/mol. The molecule has 3 rings (SSSR count). The van der Waals surface area contributed by atoms with E-state index in [1.54, 1.807) is 36.7 Å². The molecule has 0 radical (unpaired) electrons. The van der Waals surface area contributed by atoms with E-state index in [0.29, 0.717) is 17.3 Å². The zero-order valence-corrected chi connectivity index (χ0v) is 15.6. The van der Waals surface area contributed by atoms with Crippen LogP contribution >= 0.6 is 11.6 Å². The molecule has 1 aromatic heterocycles. The van der Waals surface area contributed by atoms with Crippen molar-refractivity contribution in [1.29, 1.82) is 0 Å². The van der Waals surface area contributed by atoms with Crippen LogP contribution in [-0.2, 0) is 11.3 Å². The van der Waals surface area contributed by atoms with E-state index >= 15 is 0 Å². The fraction of sp³-hybridized carbons (Fsp3) is 0.190. The highest BCUT2D eigenvalue weighted by atomic mass is 35.5. The van der Waals surface area contributed by atoms with Gasteiger partial charge in [0.25, 0.3) is 0 Å². The number of rotatable bonds is 6. The van der Waals surface area contributed by atoms with Crippen molar-refractivity contribution >= 4 is 17.5 Å². The Bertz CT molecular complexity index is 929. The summed E-state index contributed by atoms with van der Waals surface area (Å²) < 4.78 is 0. The molecule has 6 heteroatoms. The largest absolute Gasteiger partial charge is 0.508 e. The summed E-state index contributed by atoms with van der Waals surface area (Å²) in [6.45, 7) is 2.17. The third kappa shape index (κ3) is 5.05. The van der Waals surface area contributed by atoms with Gasteiger partial charge in [-0.15, -0.1) is 0 Å². The fourth-order valence-corrected chi connectivity index (χ4v) is 3.13. The van der Waals surface area contributed by atoms with Crippen molar-refractivity contribution in [3.63, 3.8) is 0 Å². The molecule has 27 heavy (non-hydrogen) atoms. The number of halogens is 1. The van der Waals surface area contributed by atoms with Gasteiger partial charge in [0.05, 0.1) is 24.1 Å². The van der Waals surface area contributed by atoms with Gasteiger partial charge in [-0.25, -0.2) is 0 Å². The highest BCUT2D eigenvalue weighted by Crippen LogP contribution is 2.34. The molecule has 1 amide bonds. The van der Waals surface area contributed by atoms with Crippen LogP contribution in [0.1, 0.15) is 34.9 Å². The first-order chi connectivity index (χ1) is 13.0. The van der Waals surface area contributed by atoms with Gasteiger partial charge in [-0.05, 0) is 36.2 Å². The van der Waals surface area contributed by atoms with E-state index in [9.17, 15) is 9.90 Å². The first-order valence-corrected chi connectivity index (χ1v) is 8.98. The lowest BCUT2D eigenvalue weighted by Gasteiger charge is -2.19. The zero-order valence-electron chi connectivity index (χ0n) is 14.9. The number of phenolic OH excluding ortho intramolecular Hbond substituents is 1. The Hall–Kier alpha value is -2.92. The van der Waals surface area contributed by atoms with E-state index in [-0.39, 0.29) is 24.0 Å². The molecule has 2 aromatic carbocycles. The lowest BCUT2D eigenvalue weighted by molar-refractivity contribution is -0.121. The second kappa shape index (κ2) is 8.64. The molecule has 0 aliphatic rings. The van der Waals surface area contributed by atoms with E-state index in [2.05, 4.69) is 15.3 Å². The predicted molar refractivity (Wildman–Crippen MR) is 105 cm³/mol. The summed E-state index contributed by atoms with van der Waals surface area (Å²) in [6.07, 6.45) is 3.52. The Morgan fingerprint density at radius 2 is 1.96 bits per heavy atom. The quantitative estimate of drug-likeness (QED) is 0.677. The molecule has 0 aliphatic carbocycles. The number of hydrogen-bond donors (Lipinski definition) is 2. The van der Waals surface area contributed by atoms with Gasteiger partial charge in [-0.1, -0.05) is 41.9 Å². The number of aromatic hydroxyl groups is 1. The van der Waals surface area contributed by atoms with Gasteiger partial charge in [0.15, 0.2) is 0 Å². The predicted octanol–water partition coefficient (Wildman–Crippen LogP) is 3.98. The highest BCUT2D eigenvalue weighted by molar-refractivity contribution is 6.31. The number of benzene rings is 2. The first-order valence-electron chi connectivity index (χ1n) is 8.60. The van der Waals surface area contributed by atoms with Crippen LogP contribution in [0.4, 0.5) is 0 Å². The normalized spacial score (nSPS) is 11.8. The molecule has 1 unspecified atom stereocenters. The summed E-state index contributed by atoms with van der Waals surface area (Å²) in [4.78, 5) is 21.0. The number of nitrogens with one attached hydrogen (secondary N) is 1. The average Bonchev–Trinajstić information content (AvgIpc) is 2.66.